The molecule has 1 amide bonds. The lowest BCUT2D eigenvalue weighted by atomic mass is 10.2. The summed E-state index contributed by atoms with van der Waals surface area (Å²) in [5.41, 5.74) is 2.30. The first-order chi connectivity index (χ1) is 12.9. The van der Waals surface area contributed by atoms with Crippen LogP contribution in [0.25, 0.3) is 0 Å². The van der Waals surface area contributed by atoms with Crippen LogP contribution in [0.15, 0.2) is 42.5 Å². The van der Waals surface area contributed by atoms with E-state index >= 15 is 0 Å². The summed E-state index contributed by atoms with van der Waals surface area (Å²) >= 11 is 7.28. The van der Waals surface area contributed by atoms with Crippen molar-refractivity contribution in [3.8, 4) is 5.75 Å². The summed E-state index contributed by atoms with van der Waals surface area (Å²) in [6, 6.07) is 12.9. The third-order valence-corrected chi connectivity index (χ3v) is 5.30. The molecular formula is C20H22ClNO4S. The predicted octanol–water partition coefficient (Wildman–Crippen LogP) is 4.46. The van der Waals surface area contributed by atoms with Crippen molar-refractivity contribution in [1.82, 2.24) is 0 Å². The fraction of sp³-hybridized carbons (Fsp3) is 0.300. The van der Waals surface area contributed by atoms with Crippen molar-refractivity contribution in [2.45, 2.75) is 25.7 Å². The second-order valence-electron chi connectivity index (χ2n) is 5.90. The van der Waals surface area contributed by atoms with E-state index < -0.39 is 5.25 Å². The third-order valence-electron chi connectivity index (χ3n) is 3.78. The Hall–Kier alpha value is -2.18. The van der Waals surface area contributed by atoms with Crippen LogP contribution in [-0.2, 0) is 20.9 Å². The number of carbonyl (C=O) groups excluding carboxylic acids is 2. The highest BCUT2D eigenvalue weighted by Gasteiger charge is 2.18. The topological polar surface area (TPSA) is 64.6 Å². The van der Waals surface area contributed by atoms with Crippen molar-refractivity contribution in [1.29, 1.82) is 0 Å². The summed E-state index contributed by atoms with van der Waals surface area (Å²) in [7, 11) is 1.51. The van der Waals surface area contributed by atoms with Crippen molar-refractivity contribution >= 4 is 40.9 Å². The van der Waals surface area contributed by atoms with E-state index in [2.05, 4.69) is 5.32 Å². The first-order valence-corrected chi connectivity index (χ1v) is 9.79. The van der Waals surface area contributed by atoms with Crippen LogP contribution in [0.5, 0.6) is 5.75 Å². The maximum absolute atomic E-state index is 12.2. The number of rotatable bonds is 8. The van der Waals surface area contributed by atoms with Gasteiger partial charge in [0.05, 0.1) is 18.6 Å². The van der Waals surface area contributed by atoms with Crippen LogP contribution in [-0.4, -0.2) is 30.0 Å². The summed E-state index contributed by atoms with van der Waals surface area (Å²) < 4.78 is 10.5. The molecule has 0 saturated heterocycles. The lowest BCUT2D eigenvalue weighted by molar-refractivity contribution is -0.143. The van der Waals surface area contributed by atoms with Gasteiger partial charge in [-0.15, -0.1) is 11.8 Å². The molecule has 5 nitrogen and oxygen atoms in total. The Morgan fingerprint density at radius 1 is 1.22 bits per heavy atom. The van der Waals surface area contributed by atoms with Gasteiger partial charge in [0, 0.05) is 11.1 Å². The van der Waals surface area contributed by atoms with Gasteiger partial charge in [-0.25, -0.2) is 0 Å². The van der Waals surface area contributed by atoms with Crippen LogP contribution >= 0.6 is 23.4 Å². The lowest BCUT2D eigenvalue weighted by Gasteiger charge is -2.14. The average molecular weight is 408 g/mol. The molecule has 0 aliphatic heterocycles. The molecule has 2 rings (SSSR count). The Kier molecular flexibility index (Phi) is 8.00. The normalized spacial score (nSPS) is 11.6. The number of esters is 1. The third kappa shape index (κ3) is 6.48. The van der Waals surface area contributed by atoms with Crippen molar-refractivity contribution in [3.05, 3.63) is 58.6 Å². The van der Waals surface area contributed by atoms with Crippen LogP contribution in [0.3, 0.4) is 0 Å². The minimum absolute atomic E-state index is 0.117. The smallest absolute Gasteiger partial charge is 0.319 e. The fourth-order valence-corrected chi connectivity index (χ4v) is 3.06. The summed E-state index contributed by atoms with van der Waals surface area (Å²) in [4.78, 5) is 24.3. The number of halogens is 1. The van der Waals surface area contributed by atoms with Crippen molar-refractivity contribution in [2.24, 2.45) is 0 Å². The van der Waals surface area contributed by atoms with Crippen molar-refractivity contribution < 1.29 is 19.1 Å². The molecule has 0 aliphatic rings. The zero-order valence-corrected chi connectivity index (χ0v) is 17.0. The Morgan fingerprint density at radius 3 is 2.59 bits per heavy atom. The number of benzene rings is 2. The molecule has 1 atom stereocenters. The molecule has 27 heavy (non-hydrogen) atoms. The Morgan fingerprint density at radius 2 is 1.93 bits per heavy atom. The van der Waals surface area contributed by atoms with E-state index in [0.29, 0.717) is 16.5 Å². The van der Waals surface area contributed by atoms with Crippen LogP contribution in [0, 0.1) is 6.92 Å². The van der Waals surface area contributed by atoms with Gasteiger partial charge in [-0.2, -0.15) is 0 Å². The number of anilines is 1. The zero-order valence-electron chi connectivity index (χ0n) is 15.5. The number of nitrogens with one attached hydrogen (secondary N) is 1. The van der Waals surface area contributed by atoms with Gasteiger partial charge in [-0.3, -0.25) is 9.59 Å². The summed E-state index contributed by atoms with van der Waals surface area (Å²) in [6.07, 6.45) is 0. The molecule has 2 aromatic carbocycles. The molecule has 0 aliphatic carbocycles. The van der Waals surface area contributed by atoms with Gasteiger partial charge in [0.1, 0.15) is 17.6 Å². The number of amides is 1. The molecule has 0 spiro atoms. The number of methoxy groups -OCH3 is 1. The second-order valence-corrected chi connectivity index (χ2v) is 7.63. The summed E-state index contributed by atoms with van der Waals surface area (Å²) in [6.45, 7) is 3.79. The number of hydrogen-bond acceptors (Lipinski definition) is 5. The molecule has 144 valence electrons. The fourth-order valence-electron chi connectivity index (χ4n) is 2.23. The number of carbonyl (C=O) groups is 2. The van der Waals surface area contributed by atoms with E-state index in [9.17, 15) is 9.59 Å². The average Bonchev–Trinajstić information content (AvgIpc) is 2.67. The summed E-state index contributed by atoms with van der Waals surface area (Å²) in [5, 5.41) is 2.90. The van der Waals surface area contributed by atoms with Crippen LogP contribution in [0.2, 0.25) is 5.02 Å². The molecule has 7 heteroatoms. The Bertz CT molecular complexity index is 798. The van der Waals surface area contributed by atoms with E-state index in [0.717, 1.165) is 11.1 Å². The van der Waals surface area contributed by atoms with Gasteiger partial charge in [0.25, 0.3) is 0 Å². The van der Waals surface area contributed by atoms with E-state index in [1.165, 1.54) is 18.9 Å². The molecule has 1 N–H and O–H groups in total. The standard InChI is InChI=1S/C20H22ClNO4S/c1-13-9-17(18(25-3)10-16(13)21)22-19(23)12-27-14(2)20(24)26-11-15-7-5-4-6-8-15/h4-10,14H,11-12H2,1-3H3,(H,22,23). The maximum Gasteiger partial charge on any atom is 0.319 e. The largest absolute Gasteiger partial charge is 0.495 e. The minimum Gasteiger partial charge on any atom is -0.495 e. The van der Waals surface area contributed by atoms with Crippen LogP contribution in [0.4, 0.5) is 5.69 Å². The quantitative estimate of drug-likeness (QED) is 0.654. The molecule has 0 heterocycles. The molecular weight excluding hydrogens is 386 g/mol. The van der Waals surface area contributed by atoms with Gasteiger partial charge in [-0.05, 0) is 31.0 Å². The number of thioether (sulfide) groups is 1. The van der Waals surface area contributed by atoms with E-state index in [1.807, 2.05) is 37.3 Å². The lowest BCUT2D eigenvalue weighted by Crippen LogP contribution is -2.21. The van der Waals surface area contributed by atoms with Gasteiger partial charge < -0.3 is 14.8 Å². The maximum atomic E-state index is 12.2. The minimum atomic E-state index is -0.451. The van der Waals surface area contributed by atoms with Crippen LogP contribution < -0.4 is 10.1 Å². The van der Waals surface area contributed by atoms with E-state index in [4.69, 9.17) is 21.1 Å². The molecule has 0 aromatic heterocycles. The highest BCUT2D eigenvalue weighted by molar-refractivity contribution is 8.01. The summed E-state index contributed by atoms with van der Waals surface area (Å²) in [5.74, 6) is 0.0189. The monoisotopic (exact) mass is 407 g/mol. The molecule has 0 bridgehead atoms. The van der Waals surface area contributed by atoms with E-state index in [-0.39, 0.29) is 24.2 Å². The molecule has 0 radical (unpaired) electrons. The predicted molar refractivity (Wildman–Crippen MR) is 110 cm³/mol. The number of aryl methyl sites for hydroxylation is 1. The van der Waals surface area contributed by atoms with Gasteiger partial charge in [-0.1, -0.05) is 41.9 Å². The first-order valence-electron chi connectivity index (χ1n) is 8.37. The molecule has 0 fully saturated rings. The van der Waals surface area contributed by atoms with Gasteiger partial charge >= 0.3 is 5.97 Å². The molecule has 0 saturated carbocycles. The molecule has 2 aromatic rings. The molecule has 1 unspecified atom stereocenters. The van der Waals surface area contributed by atoms with Crippen LogP contribution in [0.1, 0.15) is 18.1 Å². The first kappa shape index (κ1) is 21.1. The van der Waals surface area contributed by atoms with Crippen molar-refractivity contribution in [3.63, 3.8) is 0 Å². The van der Waals surface area contributed by atoms with Gasteiger partial charge in [0.2, 0.25) is 5.91 Å². The Balaban J connectivity index is 1.82. The van der Waals surface area contributed by atoms with Gasteiger partial charge in [0.15, 0.2) is 0 Å². The van der Waals surface area contributed by atoms with Crippen molar-refractivity contribution in [2.75, 3.05) is 18.2 Å². The SMILES string of the molecule is COc1cc(Cl)c(C)cc1NC(=O)CSC(C)C(=O)OCc1ccccc1. The highest BCUT2D eigenvalue weighted by Crippen LogP contribution is 2.31. The number of ether oxygens (including phenoxy) is 2. The number of hydrogen-bond donors (Lipinski definition) is 1. The van der Waals surface area contributed by atoms with E-state index in [1.54, 1.807) is 19.1 Å². The second kappa shape index (κ2) is 10.2. The zero-order chi connectivity index (χ0) is 19.8. The Labute approximate surface area is 168 Å². The highest BCUT2D eigenvalue weighted by atomic mass is 35.5.